The van der Waals surface area contributed by atoms with Gasteiger partial charge in [-0.15, -0.1) is 10.2 Å². The number of hydrogen-bond acceptors (Lipinski definition) is 5. The van der Waals surface area contributed by atoms with E-state index < -0.39 is 0 Å². The number of carbonyl (C=O) groups is 2. The van der Waals surface area contributed by atoms with Crippen molar-refractivity contribution in [3.05, 3.63) is 71.1 Å². The number of carbonyl (C=O) groups excluding carboxylic acids is 2. The number of imide groups is 1. The van der Waals surface area contributed by atoms with Gasteiger partial charge in [-0.3, -0.25) is 14.5 Å². The maximum atomic E-state index is 12.3. The maximum absolute atomic E-state index is 12.3. The smallest absolute Gasteiger partial charge is 0.261 e. The van der Waals surface area contributed by atoms with E-state index in [1.165, 1.54) is 4.90 Å². The molecular weight excluding hydrogens is 318 g/mol. The van der Waals surface area contributed by atoms with Crippen molar-refractivity contribution in [3.8, 4) is 11.5 Å². The van der Waals surface area contributed by atoms with Crippen molar-refractivity contribution in [1.82, 2.24) is 15.1 Å². The van der Waals surface area contributed by atoms with Crippen molar-refractivity contribution in [2.75, 3.05) is 6.54 Å². The lowest BCUT2D eigenvalue weighted by Gasteiger charge is -2.11. The normalized spacial score (nSPS) is 13.4. The lowest BCUT2D eigenvalue weighted by molar-refractivity contribution is 0.0654. The van der Waals surface area contributed by atoms with Gasteiger partial charge in [0.05, 0.1) is 11.1 Å². The van der Waals surface area contributed by atoms with Gasteiger partial charge in [-0.2, -0.15) is 0 Å². The second kappa shape index (κ2) is 5.98. The Morgan fingerprint density at radius 1 is 0.960 bits per heavy atom. The molecule has 0 fully saturated rings. The number of aromatic nitrogens is 2. The van der Waals surface area contributed by atoms with Gasteiger partial charge in [0, 0.05) is 18.5 Å². The van der Waals surface area contributed by atoms with Crippen LogP contribution in [0.25, 0.3) is 11.5 Å². The van der Waals surface area contributed by atoms with Crippen LogP contribution < -0.4 is 0 Å². The van der Waals surface area contributed by atoms with Crippen LogP contribution in [0.15, 0.2) is 52.9 Å². The minimum absolute atomic E-state index is 0.210. The molecule has 124 valence electrons. The Hall–Kier alpha value is -3.28. The first kappa shape index (κ1) is 15.3. The number of benzene rings is 2. The summed E-state index contributed by atoms with van der Waals surface area (Å²) in [6.07, 6.45) is 0.324. The molecule has 6 nitrogen and oxygen atoms in total. The van der Waals surface area contributed by atoms with Crippen LogP contribution in [0.5, 0.6) is 0 Å². The van der Waals surface area contributed by atoms with E-state index in [-0.39, 0.29) is 18.4 Å². The van der Waals surface area contributed by atoms with Crippen LogP contribution >= 0.6 is 0 Å². The van der Waals surface area contributed by atoms with Crippen molar-refractivity contribution >= 4 is 11.8 Å². The number of fused-ring (bicyclic) bond motifs is 1. The minimum Gasteiger partial charge on any atom is -0.421 e. The van der Waals surface area contributed by atoms with E-state index in [9.17, 15) is 9.59 Å². The van der Waals surface area contributed by atoms with Crippen LogP contribution in [0.2, 0.25) is 0 Å². The van der Waals surface area contributed by atoms with Gasteiger partial charge in [-0.05, 0) is 31.2 Å². The lowest BCUT2D eigenvalue weighted by atomic mass is 10.1. The van der Waals surface area contributed by atoms with Crippen molar-refractivity contribution < 1.29 is 14.0 Å². The zero-order chi connectivity index (χ0) is 17.4. The Balaban J connectivity index is 1.48. The fraction of sp³-hybridized carbons (Fsp3) is 0.158. The molecule has 0 saturated carbocycles. The third kappa shape index (κ3) is 2.71. The Labute approximate surface area is 144 Å². The Morgan fingerprint density at radius 2 is 1.68 bits per heavy atom. The molecule has 25 heavy (non-hydrogen) atoms. The third-order valence-corrected chi connectivity index (χ3v) is 4.16. The minimum atomic E-state index is -0.279. The maximum Gasteiger partial charge on any atom is 0.261 e. The van der Waals surface area contributed by atoms with E-state index in [1.807, 2.05) is 31.2 Å². The van der Waals surface area contributed by atoms with Crippen LogP contribution in [0.4, 0.5) is 0 Å². The van der Waals surface area contributed by atoms with Crippen LogP contribution in [0.3, 0.4) is 0 Å². The molecule has 0 N–H and O–H groups in total. The molecule has 0 atom stereocenters. The molecule has 2 aromatic carbocycles. The molecule has 1 aromatic heterocycles. The van der Waals surface area contributed by atoms with Gasteiger partial charge >= 0.3 is 0 Å². The molecule has 0 spiro atoms. The average Bonchev–Trinajstić information content (AvgIpc) is 3.18. The lowest BCUT2D eigenvalue weighted by Crippen LogP contribution is -2.31. The molecule has 2 heterocycles. The number of aryl methyl sites for hydroxylation is 1. The Morgan fingerprint density at radius 3 is 2.36 bits per heavy atom. The SMILES string of the molecule is Cc1cccc(-c2nnc(CCN3C(=O)c4ccccc4C3=O)o2)c1. The number of amides is 2. The van der Waals surface area contributed by atoms with Crippen molar-refractivity contribution in [1.29, 1.82) is 0 Å². The molecule has 0 aliphatic carbocycles. The summed E-state index contributed by atoms with van der Waals surface area (Å²) in [5, 5.41) is 8.06. The molecule has 0 bridgehead atoms. The predicted octanol–water partition coefficient (Wildman–Crippen LogP) is 2.88. The zero-order valence-electron chi connectivity index (χ0n) is 13.6. The highest BCUT2D eigenvalue weighted by molar-refractivity contribution is 6.21. The van der Waals surface area contributed by atoms with Gasteiger partial charge in [0.25, 0.3) is 11.8 Å². The van der Waals surface area contributed by atoms with Crippen LogP contribution in [-0.2, 0) is 6.42 Å². The highest BCUT2D eigenvalue weighted by Gasteiger charge is 2.34. The molecule has 0 radical (unpaired) electrons. The molecule has 1 aliphatic rings. The van der Waals surface area contributed by atoms with Crippen LogP contribution in [0, 0.1) is 6.92 Å². The van der Waals surface area contributed by atoms with Gasteiger partial charge in [0.1, 0.15) is 0 Å². The average molecular weight is 333 g/mol. The van der Waals surface area contributed by atoms with E-state index in [1.54, 1.807) is 24.3 Å². The quantitative estimate of drug-likeness (QED) is 0.686. The molecular formula is C19H15N3O3. The zero-order valence-corrected chi connectivity index (χ0v) is 13.6. The molecule has 0 unspecified atom stereocenters. The Bertz CT molecular complexity index is 942. The molecule has 3 aromatic rings. The van der Waals surface area contributed by atoms with E-state index in [2.05, 4.69) is 10.2 Å². The summed E-state index contributed by atoms with van der Waals surface area (Å²) in [4.78, 5) is 25.9. The standard InChI is InChI=1S/C19H15N3O3/c1-12-5-4-6-13(11-12)17-21-20-16(25-17)9-10-22-18(23)14-7-2-3-8-15(14)19(22)24/h2-8,11H,9-10H2,1H3. The largest absolute Gasteiger partial charge is 0.421 e. The van der Waals surface area contributed by atoms with Crippen LogP contribution in [0.1, 0.15) is 32.2 Å². The van der Waals surface area contributed by atoms with Gasteiger partial charge < -0.3 is 4.42 Å². The van der Waals surface area contributed by atoms with Crippen molar-refractivity contribution in [2.24, 2.45) is 0 Å². The first-order valence-corrected chi connectivity index (χ1v) is 7.98. The highest BCUT2D eigenvalue weighted by atomic mass is 16.4. The first-order valence-electron chi connectivity index (χ1n) is 7.98. The fourth-order valence-corrected chi connectivity index (χ4v) is 2.90. The summed E-state index contributed by atoms with van der Waals surface area (Å²) in [6, 6.07) is 14.6. The summed E-state index contributed by atoms with van der Waals surface area (Å²) < 4.78 is 5.66. The fourth-order valence-electron chi connectivity index (χ4n) is 2.90. The van der Waals surface area contributed by atoms with E-state index >= 15 is 0 Å². The van der Waals surface area contributed by atoms with E-state index in [0.717, 1.165) is 11.1 Å². The number of hydrogen-bond donors (Lipinski definition) is 0. The van der Waals surface area contributed by atoms with Crippen LogP contribution in [-0.4, -0.2) is 33.5 Å². The topological polar surface area (TPSA) is 76.3 Å². The summed E-state index contributed by atoms with van der Waals surface area (Å²) in [5.74, 6) is 0.271. The third-order valence-electron chi connectivity index (χ3n) is 4.16. The molecule has 0 saturated heterocycles. The molecule has 4 rings (SSSR count). The summed E-state index contributed by atoms with van der Waals surface area (Å²) >= 11 is 0. The van der Waals surface area contributed by atoms with Gasteiger partial charge in [0.15, 0.2) is 0 Å². The van der Waals surface area contributed by atoms with Crippen molar-refractivity contribution in [3.63, 3.8) is 0 Å². The van der Waals surface area contributed by atoms with Gasteiger partial charge in [-0.25, -0.2) is 0 Å². The summed E-state index contributed by atoms with van der Waals surface area (Å²) in [5.41, 5.74) is 2.83. The second-order valence-corrected chi connectivity index (χ2v) is 5.93. The molecule has 2 amide bonds. The van der Waals surface area contributed by atoms with Gasteiger partial charge in [0.2, 0.25) is 11.8 Å². The first-order chi connectivity index (χ1) is 12.1. The predicted molar refractivity (Wildman–Crippen MR) is 90.0 cm³/mol. The monoisotopic (exact) mass is 333 g/mol. The van der Waals surface area contributed by atoms with Crippen molar-refractivity contribution in [2.45, 2.75) is 13.3 Å². The number of rotatable bonds is 4. The molecule has 1 aliphatic heterocycles. The molecule has 6 heteroatoms. The van der Waals surface area contributed by atoms with E-state index in [4.69, 9.17) is 4.42 Å². The second-order valence-electron chi connectivity index (χ2n) is 5.93. The number of nitrogens with zero attached hydrogens (tertiary/aromatic N) is 3. The Kier molecular flexibility index (Phi) is 3.65. The summed E-state index contributed by atoms with van der Waals surface area (Å²) in [6.45, 7) is 2.20. The summed E-state index contributed by atoms with van der Waals surface area (Å²) in [7, 11) is 0. The van der Waals surface area contributed by atoms with E-state index in [0.29, 0.717) is 29.3 Å². The highest BCUT2D eigenvalue weighted by Crippen LogP contribution is 2.23. The van der Waals surface area contributed by atoms with Gasteiger partial charge in [-0.1, -0.05) is 29.8 Å².